The quantitative estimate of drug-likeness (QED) is 0.0935. The van der Waals surface area contributed by atoms with Crippen molar-refractivity contribution in [3.05, 3.63) is 0 Å². The fraction of sp³-hybridized carbons (Fsp3) is 0.968. The van der Waals surface area contributed by atoms with Gasteiger partial charge in [0.25, 0.3) is 0 Å². The number of unbranched alkanes of at least 4 members (excludes halogenated alkanes) is 19. The van der Waals surface area contributed by atoms with Crippen LogP contribution in [-0.2, 0) is 9.53 Å². The van der Waals surface area contributed by atoms with E-state index in [4.69, 9.17) is 4.74 Å². The molecule has 2 heteroatoms. The lowest BCUT2D eigenvalue weighted by Gasteiger charge is -2.11. The van der Waals surface area contributed by atoms with E-state index < -0.39 is 0 Å². The lowest BCUT2D eigenvalue weighted by Crippen LogP contribution is -2.12. The van der Waals surface area contributed by atoms with E-state index in [9.17, 15) is 4.79 Å². The first-order chi connectivity index (χ1) is 16.1. The maximum absolute atomic E-state index is 11.4. The van der Waals surface area contributed by atoms with Crippen molar-refractivity contribution in [2.75, 3.05) is 7.11 Å². The monoisotopic (exact) mass is 466 g/mol. The first-order valence-electron chi connectivity index (χ1n) is 15.2. The normalized spacial score (nSPS) is 13.2. The van der Waals surface area contributed by atoms with E-state index in [1.165, 1.54) is 148 Å². The summed E-state index contributed by atoms with van der Waals surface area (Å²) in [6.45, 7) is 6.72. The average molecular weight is 467 g/mol. The molecular weight excluding hydrogens is 404 g/mol. The summed E-state index contributed by atoms with van der Waals surface area (Å²) in [5.74, 6) is 0.906. The number of carbonyl (C=O) groups is 1. The number of carbonyl (C=O) groups excluding carboxylic acids is 1. The molecule has 33 heavy (non-hydrogen) atoms. The van der Waals surface area contributed by atoms with Crippen LogP contribution in [0.5, 0.6) is 0 Å². The SMILES string of the molecule is CCCCCCCCCCCCCCCCCCC(C)CCCCCCCC(C)C(=O)OC. The van der Waals surface area contributed by atoms with Crippen molar-refractivity contribution in [2.24, 2.45) is 11.8 Å². The minimum absolute atomic E-state index is 0.0575. The summed E-state index contributed by atoms with van der Waals surface area (Å²) < 4.78 is 4.79. The van der Waals surface area contributed by atoms with Crippen molar-refractivity contribution >= 4 is 5.97 Å². The first kappa shape index (κ1) is 32.5. The van der Waals surface area contributed by atoms with E-state index in [1.807, 2.05) is 6.92 Å². The molecule has 0 aromatic carbocycles. The molecule has 0 N–H and O–H groups in total. The van der Waals surface area contributed by atoms with Gasteiger partial charge in [0.15, 0.2) is 0 Å². The van der Waals surface area contributed by atoms with Crippen LogP contribution in [0.1, 0.15) is 175 Å². The summed E-state index contributed by atoms with van der Waals surface area (Å²) in [6.07, 6.45) is 33.5. The molecule has 0 aliphatic carbocycles. The second kappa shape index (κ2) is 26.1. The van der Waals surface area contributed by atoms with Crippen molar-refractivity contribution in [3.63, 3.8) is 0 Å². The zero-order valence-electron chi connectivity index (χ0n) is 23.4. The number of rotatable bonds is 26. The second-order valence-corrected chi connectivity index (χ2v) is 11.0. The third-order valence-electron chi connectivity index (χ3n) is 7.49. The lowest BCUT2D eigenvalue weighted by atomic mass is 9.95. The summed E-state index contributed by atoms with van der Waals surface area (Å²) in [6, 6.07) is 0. The Balaban J connectivity index is 3.21. The maximum Gasteiger partial charge on any atom is 0.308 e. The minimum Gasteiger partial charge on any atom is -0.469 e. The third kappa shape index (κ3) is 24.4. The van der Waals surface area contributed by atoms with Gasteiger partial charge in [-0.1, -0.05) is 168 Å². The van der Waals surface area contributed by atoms with Gasteiger partial charge >= 0.3 is 5.97 Å². The van der Waals surface area contributed by atoms with Crippen LogP contribution in [0, 0.1) is 11.8 Å². The van der Waals surface area contributed by atoms with E-state index in [1.54, 1.807) is 0 Å². The largest absolute Gasteiger partial charge is 0.469 e. The van der Waals surface area contributed by atoms with Crippen LogP contribution in [0.25, 0.3) is 0 Å². The van der Waals surface area contributed by atoms with Crippen molar-refractivity contribution < 1.29 is 9.53 Å². The molecule has 0 fully saturated rings. The maximum atomic E-state index is 11.4. The molecule has 0 heterocycles. The number of ether oxygens (including phenoxy) is 1. The van der Waals surface area contributed by atoms with E-state index in [0.717, 1.165) is 18.8 Å². The van der Waals surface area contributed by atoms with Crippen LogP contribution >= 0.6 is 0 Å². The van der Waals surface area contributed by atoms with Crippen LogP contribution in [0.15, 0.2) is 0 Å². The highest BCUT2D eigenvalue weighted by atomic mass is 16.5. The number of esters is 1. The van der Waals surface area contributed by atoms with Gasteiger partial charge in [-0.3, -0.25) is 4.79 Å². The van der Waals surface area contributed by atoms with E-state index in [2.05, 4.69) is 13.8 Å². The molecule has 2 unspecified atom stereocenters. The summed E-state index contributed by atoms with van der Waals surface area (Å²) in [5, 5.41) is 0. The summed E-state index contributed by atoms with van der Waals surface area (Å²) in [4.78, 5) is 11.4. The molecule has 0 saturated carbocycles. The highest BCUT2D eigenvalue weighted by Crippen LogP contribution is 2.19. The van der Waals surface area contributed by atoms with Crippen molar-refractivity contribution in [1.82, 2.24) is 0 Å². The van der Waals surface area contributed by atoms with Gasteiger partial charge in [-0.05, 0) is 12.3 Å². The standard InChI is InChI=1S/C31H62O2/c1-5-6-7-8-9-10-11-12-13-14-15-16-17-18-20-23-26-29(2)27-24-21-19-22-25-28-30(3)31(32)33-4/h29-30H,5-28H2,1-4H3. The predicted molar refractivity (Wildman–Crippen MR) is 147 cm³/mol. The zero-order valence-corrected chi connectivity index (χ0v) is 23.4. The van der Waals surface area contributed by atoms with Gasteiger partial charge in [0.1, 0.15) is 0 Å². The minimum atomic E-state index is -0.0575. The Bertz CT molecular complexity index is 392. The van der Waals surface area contributed by atoms with E-state index in [-0.39, 0.29) is 11.9 Å². The van der Waals surface area contributed by atoms with Crippen LogP contribution in [-0.4, -0.2) is 13.1 Å². The van der Waals surface area contributed by atoms with Gasteiger partial charge < -0.3 is 4.74 Å². The Morgan fingerprint density at radius 1 is 0.515 bits per heavy atom. The molecule has 0 rings (SSSR count). The second-order valence-electron chi connectivity index (χ2n) is 11.0. The van der Waals surface area contributed by atoms with Crippen LogP contribution < -0.4 is 0 Å². The molecule has 0 radical (unpaired) electrons. The Labute approximate surface area is 209 Å². The van der Waals surface area contributed by atoms with Gasteiger partial charge in [-0.25, -0.2) is 0 Å². The highest BCUT2D eigenvalue weighted by molar-refractivity contribution is 5.71. The van der Waals surface area contributed by atoms with Gasteiger partial charge in [0.2, 0.25) is 0 Å². The topological polar surface area (TPSA) is 26.3 Å². The summed E-state index contributed by atoms with van der Waals surface area (Å²) in [7, 11) is 1.49. The molecule has 0 saturated heterocycles. The lowest BCUT2D eigenvalue weighted by molar-refractivity contribution is -0.145. The Morgan fingerprint density at radius 3 is 1.15 bits per heavy atom. The molecule has 0 amide bonds. The number of methoxy groups -OCH3 is 1. The van der Waals surface area contributed by atoms with Crippen LogP contribution in [0.2, 0.25) is 0 Å². The molecular formula is C31H62O2. The smallest absolute Gasteiger partial charge is 0.308 e. The predicted octanol–water partition coefficient (Wildman–Crippen LogP) is 10.8. The van der Waals surface area contributed by atoms with Crippen molar-refractivity contribution in [3.8, 4) is 0 Å². The van der Waals surface area contributed by atoms with Gasteiger partial charge in [0, 0.05) is 0 Å². The molecule has 0 spiro atoms. The fourth-order valence-corrected chi connectivity index (χ4v) is 4.98. The van der Waals surface area contributed by atoms with Crippen LogP contribution in [0.3, 0.4) is 0 Å². The fourth-order valence-electron chi connectivity index (χ4n) is 4.98. The molecule has 0 aromatic rings. The molecule has 0 aliphatic heterocycles. The molecule has 198 valence electrons. The van der Waals surface area contributed by atoms with Crippen molar-refractivity contribution in [1.29, 1.82) is 0 Å². The molecule has 0 aliphatic rings. The Hall–Kier alpha value is -0.530. The molecule has 0 aromatic heterocycles. The molecule has 2 atom stereocenters. The highest BCUT2D eigenvalue weighted by Gasteiger charge is 2.11. The van der Waals surface area contributed by atoms with Gasteiger partial charge in [0.05, 0.1) is 13.0 Å². The first-order valence-corrected chi connectivity index (χ1v) is 15.2. The van der Waals surface area contributed by atoms with Crippen molar-refractivity contribution in [2.45, 2.75) is 175 Å². The van der Waals surface area contributed by atoms with Crippen LogP contribution in [0.4, 0.5) is 0 Å². The Morgan fingerprint density at radius 2 is 0.818 bits per heavy atom. The average Bonchev–Trinajstić information content (AvgIpc) is 2.82. The molecule has 0 bridgehead atoms. The van der Waals surface area contributed by atoms with E-state index >= 15 is 0 Å². The number of hydrogen-bond acceptors (Lipinski definition) is 2. The Kier molecular flexibility index (Phi) is 25.7. The number of hydrogen-bond donors (Lipinski definition) is 0. The summed E-state index contributed by atoms with van der Waals surface area (Å²) in [5.41, 5.74) is 0. The zero-order chi connectivity index (χ0) is 24.4. The van der Waals surface area contributed by atoms with Gasteiger partial charge in [-0.2, -0.15) is 0 Å². The van der Waals surface area contributed by atoms with Gasteiger partial charge in [-0.15, -0.1) is 0 Å². The summed E-state index contributed by atoms with van der Waals surface area (Å²) >= 11 is 0. The third-order valence-corrected chi connectivity index (χ3v) is 7.49. The van der Waals surface area contributed by atoms with E-state index in [0.29, 0.717) is 0 Å². The molecule has 2 nitrogen and oxygen atoms in total.